The molecule has 164 valence electrons. The SMILES string of the molecule is O=C1C[C@@H]2[C@@H](C=CC(=O)[C@H]3OCc4ccccc4O3)[C@H](OC(=O)c3ccccc3)C[C@@H]2O1. The van der Waals surface area contributed by atoms with E-state index in [2.05, 4.69) is 0 Å². The molecule has 0 radical (unpaired) electrons. The standard InChI is InChI=1S/C25H22O7/c26-19(25-29-14-16-8-4-5-9-20(16)32-25)11-10-17-18-12-23(27)30-22(18)13-21(17)31-24(28)15-6-2-1-3-7-15/h1-11,17-18,21-22,25H,12-14H2/t17-,18-,21-,22+,25+/m1/s1. The molecule has 5 rings (SSSR count). The molecule has 1 saturated carbocycles. The van der Waals surface area contributed by atoms with Crippen LogP contribution >= 0.6 is 0 Å². The van der Waals surface area contributed by atoms with Gasteiger partial charge < -0.3 is 18.9 Å². The maximum absolute atomic E-state index is 12.7. The number of esters is 2. The lowest BCUT2D eigenvalue weighted by Gasteiger charge is -2.24. The number of hydrogen-bond donors (Lipinski definition) is 0. The van der Waals surface area contributed by atoms with Crippen LogP contribution in [-0.2, 0) is 30.4 Å². The zero-order valence-corrected chi connectivity index (χ0v) is 17.2. The molecule has 1 saturated heterocycles. The van der Waals surface area contributed by atoms with E-state index < -0.39 is 18.4 Å². The van der Waals surface area contributed by atoms with E-state index in [4.69, 9.17) is 18.9 Å². The smallest absolute Gasteiger partial charge is 0.338 e. The third kappa shape index (κ3) is 4.03. The van der Waals surface area contributed by atoms with Crippen molar-refractivity contribution in [2.75, 3.05) is 0 Å². The first-order valence-electron chi connectivity index (χ1n) is 10.6. The minimum Gasteiger partial charge on any atom is -0.462 e. The molecule has 7 nitrogen and oxygen atoms in total. The first kappa shape index (κ1) is 20.5. The summed E-state index contributed by atoms with van der Waals surface area (Å²) in [5, 5.41) is 0. The van der Waals surface area contributed by atoms with E-state index in [1.807, 2.05) is 24.3 Å². The van der Waals surface area contributed by atoms with E-state index >= 15 is 0 Å². The lowest BCUT2D eigenvalue weighted by molar-refractivity contribution is -0.152. The van der Waals surface area contributed by atoms with Gasteiger partial charge in [0.2, 0.25) is 5.78 Å². The molecular formula is C25H22O7. The second kappa shape index (κ2) is 8.59. The van der Waals surface area contributed by atoms with E-state index in [1.54, 1.807) is 36.4 Å². The fourth-order valence-corrected chi connectivity index (χ4v) is 4.55. The van der Waals surface area contributed by atoms with Crippen LogP contribution in [0.25, 0.3) is 0 Å². The monoisotopic (exact) mass is 434 g/mol. The van der Waals surface area contributed by atoms with Gasteiger partial charge in [0, 0.05) is 23.8 Å². The Morgan fingerprint density at radius 2 is 1.78 bits per heavy atom. The van der Waals surface area contributed by atoms with Crippen molar-refractivity contribution < 1.29 is 33.3 Å². The van der Waals surface area contributed by atoms with Crippen molar-refractivity contribution in [3.05, 3.63) is 77.9 Å². The van der Waals surface area contributed by atoms with Crippen LogP contribution in [0.2, 0.25) is 0 Å². The molecule has 2 aromatic carbocycles. The summed E-state index contributed by atoms with van der Waals surface area (Å²) < 4.78 is 22.4. The summed E-state index contributed by atoms with van der Waals surface area (Å²) in [6.07, 6.45) is 1.88. The summed E-state index contributed by atoms with van der Waals surface area (Å²) in [6, 6.07) is 16.1. The number of para-hydroxylation sites is 1. The Kier molecular flexibility index (Phi) is 5.49. The van der Waals surface area contributed by atoms with Gasteiger partial charge in [0.15, 0.2) is 0 Å². The molecule has 0 N–H and O–H groups in total. The highest BCUT2D eigenvalue weighted by molar-refractivity contribution is 5.93. The van der Waals surface area contributed by atoms with Crippen LogP contribution in [-0.4, -0.2) is 36.2 Å². The van der Waals surface area contributed by atoms with Crippen LogP contribution in [0.5, 0.6) is 5.75 Å². The summed E-state index contributed by atoms with van der Waals surface area (Å²) in [6.45, 7) is 0.286. The van der Waals surface area contributed by atoms with Crippen LogP contribution in [0.4, 0.5) is 0 Å². The van der Waals surface area contributed by atoms with Gasteiger partial charge in [-0.3, -0.25) is 9.59 Å². The van der Waals surface area contributed by atoms with Crippen molar-refractivity contribution in [3.63, 3.8) is 0 Å². The van der Waals surface area contributed by atoms with Crippen LogP contribution in [0, 0.1) is 11.8 Å². The molecule has 32 heavy (non-hydrogen) atoms. The molecule has 7 heteroatoms. The number of hydrogen-bond acceptors (Lipinski definition) is 7. The molecular weight excluding hydrogens is 412 g/mol. The van der Waals surface area contributed by atoms with E-state index in [0.717, 1.165) is 5.56 Å². The predicted molar refractivity (Wildman–Crippen MR) is 112 cm³/mol. The van der Waals surface area contributed by atoms with Gasteiger partial charge in [-0.1, -0.05) is 42.5 Å². The Balaban J connectivity index is 1.30. The molecule has 0 amide bonds. The van der Waals surface area contributed by atoms with Crippen molar-refractivity contribution in [2.45, 2.75) is 37.9 Å². The first-order valence-corrected chi connectivity index (χ1v) is 10.6. The molecule has 0 unspecified atom stereocenters. The molecule has 0 aromatic heterocycles. The minimum absolute atomic E-state index is 0.144. The fourth-order valence-electron chi connectivity index (χ4n) is 4.55. The summed E-state index contributed by atoms with van der Waals surface area (Å²) in [5.41, 5.74) is 1.33. The predicted octanol–water partition coefficient (Wildman–Crippen LogP) is 3.22. The zero-order chi connectivity index (χ0) is 22.1. The minimum atomic E-state index is -1.04. The number of rotatable bonds is 5. The van der Waals surface area contributed by atoms with Crippen LogP contribution < -0.4 is 4.74 Å². The van der Waals surface area contributed by atoms with Crippen LogP contribution in [0.15, 0.2) is 66.7 Å². The van der Waals surface area contributed by atoms with Gasteiger partial charge in [0.05, 0.1) is 18.6 Å². The van der Waals surface area contributed by atoms with Gasteiger partial charge >= 0.3 is 11.9 Å². The zero-order valence-electron chi connectivity index (χ0n) is 17.2. The molecule has 0 bridgehead atoms. The average Bonchev–Trinajstić information content (AvgIpc) is 3.33. The molecule has 2 heterocycles. The molecule has 1 aliphatic carbocycles. The highest BCUT2D eigenvalue weighted by atomic mass is 16.7. The third-order valence-electron chi connectivity index (χ3n) is 6.13. The summed E-state index contributed by atoms with van der Waals surface area (Å²) in [7, 11) is 0. The summed E-state index contributed by atoms with van der Waals surface area (Å²) in [5.74, 6) is -0.902. The second-order valence-corrected chi connectivity index (χ2v) is 8.15. The van der Waals surface area contributed by atoms with Crippen molar-refractivity contribution in [1.82, 2.24) is 0 Å². The quantitative estimate of drug-likeness (QED) is 0.527. The van der Waals surface area contributed by atoms with Crippen molar-refractivity contribution in [1.29, 1.82) is 0 Å². The van der Waals surface area contributed by atoms with Crippen molar-refractivity contribution in [3.8, 4) is 5.75 Å². The molecule has 0 spiro atoms. The normalized spacial score (nSPS) is 28.5. The highest BCUT2D eigenvalue weighted by Crippen LogP contribution is 2.43. The second-order valence-electron chi connectivity index (χ2n) is 8.15. The lowest BCUT2D eigenvalue weighted by Crippen LogP contribution is -2.33. The molecule has 2 fully saturated rings. The Morgan fingerprint density at radius 1 is 1.00 bits per heavy atom. The number of benzene rings is 2. The van der Waals surface area contributed by atoms with Crippen LogP contribution in [0.3, 0.4) is 0 Å². The van der Waals surface area contributed by atoms with Gasteiger partial charge in [-0.15, -0.1) is 0 Å². The van der Waals surface area contributed by atoms with E-state index in [0.29, 0.717) is 17.7 Å². The number of carbonyl (C=O) groups excluding carboxylic acids is 3. The number of carbonyl (C=O) groups is 3. The lowest BCUT2D eigenvalue weighted by atomic mass is 9.91. The van der Waals surface area contributed by atoms with E-state index in [-0.39, 0.29) is 42.7 Å². The first-order chi connectivity index (χ1) is 15.6. The summed E-state index contributed by atoms with van der Waals surface area (Å²) in [4.78, 5) is 37.1. The van der Waals surface area contributed by atoms with Gasteiger partial charge in [-0.25, -0.2) is 4.79 Å². The Hall–Kier alpha value is -3.45. The molecule has 2 aromatic rings. The maximum Gasteiger partial charge on any atom is 0.338 e. The molecule has 2 aliphatic heterocycles. The largest absolute Gasteiger partial charge is 0.462 e. The number of fused-ring (bicyclic) bond motifs is 2. The van der Waals surface area contributed by atoms with Gasteiger partial charge in [0.25, 0.3) is 6.29 Å². The number of ketones is 1. The van der Waals surface area contributed by atoms with E-state index in [9.17, 15) is 14.4 Å². The van der Waals surface area contributed by atoms with Crippen molar-refractivity contribution >= 4 is 17.7 Å². The highest BCUT2D eigenvalue weighted by Gasteiger charge is 2.50. The fraction of sp³-hybridized carbons (Fsp3) is 0.320. The third-order valence-corrected chi connectivity index (χ3v) is 6.13. The van der Waals surface area contributed by atoms with Crippen molar-refractivity contribution in [2.24, 2.45) is 11.8 Å². The number of ether oxygens (including phenoxy) is 4. The Bertz CT molecular complexity index is 1060. The van der Waals surface area contributed by atoms with Gasteiger partial charge in [-0.2, -0.15) is 0 Å². The summed E-state index contributed by atoms with van der Waals surface area (Å²) >= 11 is 0. The Morgan fingerprint density at radius 3 is 2.62 bits per heavy atom. The maximum atomic E-state index is 12.7. The Labute approximate surface area is 184 Å². The van der Waals surface area contributed by atoms with E-state index in [1.165, 1.54) is 6.08 Å². The van der Waals surface area contributed by atoms with Gasteiger partial charge in [-0.05, 0) is 24.3 Å². The van der Waals surface area contributed by atoms with Crippen LogP contribution in [0.1, 0.15) is 28.8 Å². The van der Waals surface area contributed by atoms with Gasteiger partial charge in [0.1, 0.15) is 18.0 Å². The molecule has 5 atom stereocenters. The molecule has 3 aliphatic rings. The topological polar surface area (TPSA) is 88.1 Å². The average molecular weight is 434 g/mol.